The Hall–Kier alpha value is -3.12. The lowest BCUT2D eigenvalue weighted by molar-refractivity contribution is 0.308. The minimum atomic E-state index is -0.115. The van der Waals surface area contributed by atoms with Crippen LogP contribution in [0.3, 0.4) is 0 Å². The van der Waals surface area contributed by atoms with Crippen molar-refractivity contribution in [2.75, 3.05) is 20.7 Å². The normalized spacial score (nSPS) is 11.1. The summed E-state index contributed by atoms with van der Waals surface area (Å²) in [5.41, 5.74) is 2.32. The maximum absolute atomic E-state index is 12.1. The second-order valence-corrected chi connectivity index (χ2v) is 7.76. The van der Waals surface area contributed by atoms with Gasteiger partial charge in [0, 0.05) is 30.3 Å². The standard InChI is InChI=1S/C25H31N3O3/c1-27(19-20-11-5-8-14-24(20)31-2)17-9-3-4-10-18-28-25(30)16-15-22(26-28)21-12-6-7-13-23(21)29/h5-8,11-16,29H,3-4,9-10,17-19H2,1-2H3. The molecule has 0 fully saturated rings. The second-order valence-electron chi connectivity index (χ2n) is 7.76. The van der Waals surface area contributed by atoms with E-state index in [-0.39, 0.29) is 11.3 Å². The number of aromatic hydroxyl groups is 1. The first kappa shape index (κ1) is 22.6. The second kappa shape index (κ2) is 11.3. The van der Waals surface area contributed by atoms with Crippen LogP contribution >= 0.6 is 0 Å². The van der Waals surface area contributed by atoms with Gasteiger partial charge in [0.2, 0.25) is 0 Å². The van der Waals surface area contributed by atoms with Gasteiger partial charge < -0.3 is 14.7 Å². The molecule has 3 aromatic rings. The quantitative estimate of drug-likeness (QED) is 0.467. The molecule has 3 rings (SSSR count). The van der Waals surface area contributed by atoms with E-state index in [9.17, 15) is 9.90 Å². The molecule has 6 heteroatoms. The lowest BCUT2D eigenvalue weighted by Gasteiger charge is -2.18. The van der Waals surface area contributed by atoms with Crippen LogP contribution in [0.1, 0.15) is 31.2 Å². The van der Waals surface area contributed by atoms with E-state index in [1.165, 1.54) is 16.3 Å². The van der Waals surface area contributed by atoms with Crippen molar-refractivity contribution >= 4 is 0 Å². The zero-order chi connectivity index (χ0) is 22.1. The van der Waals surface area contributed by atoms with Gasteiger partial charge >= 0.3 is 0 Å². The molecule has 0 unspecified atom stereocenters. The Morgan fingerprint density at radius 1 is 0.968 bits per heavy atom. The molecule has 0 radical (unpaired) electrons. The van der Waals surface area contributed by atoms with Crippen molar-refractivity contribution in [1.29, 1.82) is 0 Å². The van der Waals surface area contributed by atoms with Crippen LogP contribution in [-0.2, 0) is 13.1 Å². The molecule has 1 heterocycles. The van der Waals surface area contributed by atoms with Crippen LogP contribution in [0.5, 0.6) is 11.5 Å². The van der Waals surface area contributed by atoms with Gasteiger partial charge in [-0.2, -0.15) is 5.10 Å². The highest BCUT2D eigenvalue weighted by molar-refractivity contribution is 5.65. The van der Waals surface area contributed by atoms with Gasteiger partial charge in [-0.25, -0.2) is 4.68 Å². The fraction of sp³-hybridized carbons (Fsp3) is 0.360. The molecule has 0 aliphatic rings. The van der Waals surface area contributed by atoms with E-state index in [0.717, 1.165) is 44.5 Å². The fourth-order valence-corrected chi connectivity index (χ4v) is 3.64. The summed E-state index contributed by atoms with van der Waals surface area (Å²) in [4.78, 5) is 14.4. The number of para-hydroxylation sites is 2. The highest BCUT2D eigenvalue weighted by Crippen LogP contribution is 2.26. The van der Waals surface area contributed by atoms with Crippen molar-refractivity contribution in [3.05, 3.63) is 76.6 Å². The number of nitrogens with zero attached hydrogens (tertiary/aromatic N) is 3. The third kappa shape index (κ3) is 6.43. The molecule has 0 amide bonds. The Morgan fingerprint density at radius 3 is 2.52 bits per heavy atom. The molecule has 0 saturated heterocycles. The smallest absolute Gasteiger partial charge is 0.266 e. The van der Waals surface area contributed by atoms with E-state index in [0.29, 0.717) is 17.8 Å². The van der Waals surface area contributed by atoms with Crippen LogP contribution in [0.2, 0.25) is 0 Å². The number of aryl methyl sites for hydroxylation is 1. The number of aromatic nitrogens is 2. The lowest BCUT2D eigenvalue weighted by Crippen LogP contribution is -2.22. The minimum absolute atomic E-state index is 0.115. The van der Waals surface area contributed by atoms with Crippen LogP contribution in [0.25, 0.3) is 11.3 Å². The van der Waals surface area contributed by atoms with Crippen molar-refractivity contribution in [3.63, 3.8) is 0 Å². The van der Waals surface area contributed by atoms with Gasteiger partial charge in [-0.05, 0) is 50.7 Å². The van der Waals surface area contributed by atoms with E-state index < -0.39 is 0 Å². The molecule has 1 aromatic heterocycles. The maximum atomic E-state index is 12.1. The first-order valence-electron chi connectivity index (χ1n) is 10.8. The molecule has 31 heavy (non-hydrogen) atoms. The number of unbranched alkanes of at least 4 members (excludes halogenated alkanes) is 3. The number of phenolic OH excluding ortho intramolecular Hbond substituents is 1. The molecular weight excluding hydrogens is 390 g/mol. The largest absolute Gasteiger partial charge is 0.507 e. The van der Waals surface area contributed by atoms with Crippen molar-refractivity contribution in [1.82, 2.24) is 14.7 Å². The molecule has 0 atom stereocenters. The first-order chi connectivity index (χ1) is 15.1. The summed E-state index contributed by atoms with van der Waals surface area (Å²) in [5, 5.41) is 14.5. The average Bonchev–Trinajstić information content (AvgIpc) is 2.78. The highest BCUT2D eigenvalue weighted by atomic mass is 16.5. The van der Waals surface area contributed by atoms with E-state index in [2.05, 4.69) is 23.1 Å². The van der Waals surface area contributed by atoms with Gasteiger partial charge in [0.25, 0.3) is 5.56 Å². The summed E-state index contributed by atoms with van der Waals surface area (Å²) in [6.45, 7) is 2.46. The third-order valence-electron chi connectivity index (χ3n) is 5.34. The van der Waals surface area contributed by atoms with E-state index in [4.69, 9.17) is 4.74 Å². The monoisotopic (exact) mass is 421 g/mol. The summed E-state index contributed by atoms with van der Waals surface area (Å²) >= 11 is 0. The highest BCUT2D eigenvalue weighted by Gasteiger charge is 2.08. The summed E-state index contributed by atoms with van der Waals surface area (Å²) < 4.78 is 6.92. The molecule has 6 nitrogen and oxygen atoms in total. The predicted octanol–water partition coefficient (Wildman–Crippen LogP) is 4.32. The number of phenols is 1. The number of hydrogen-bond donors (Lipinski definition) is 1. The van der Waals surface area contributed by atoms with Gasteiger partial charge in [-0.3, -0.25) is 4.79 Å². The Morgan fingerprint density at radius 2 is 1.71 bits per heavy atom. The van der Waals surface area contributed by atoms with Gasteiger partial charge in [-0.15, -0.1) is 0 Å². The van der Waals surface area contributed by atoms with Gasteiger partial charge in [0.1, 0.15) is 11.5 Å². The number of ether oxygens (including phenoxy) is 1. The Labute approximate surface area is 183 Å². The summed E-state index contributed by atoms with van der Waals surface area (Å²) in [5.74, 6) is 1.09. The fourth-order valence-electron chi connectivity index (χ4n) is 3.64. The number of rotatable bonds is 11. The molecule has 2 aromatic carbocycles. The maximum Gasteiger partial charge on any atom is 0.266 e. The van der Waals surface area contributed by atoms with E-state index >= 15 is 0 Å². The Bertz CT molecular complexity index is 1030. The van der Waals surface area contributed by atoms with Crippen LogP contribution in [0.15, 0.2) is 65.5 Å². The van der Waals surface area contributed by atoms with Crippen LogP contribution in [0, 0.1) is 0 Å². The molecule has 0 aliphatic carbocycles. The first-order valence-corrected chi connectivity index (χ1v) is 10.8. The third-order valence-corrected chi connectivity index (χ3v) is 5.34. The average molecular weight is 422 g/mol. The van der Waals surface area contributed by atoms with Crippen molar-refractivity contribution in [2.24, 2.45) is 0 Å². The molecule has 0 spiro atoms. The zero-order valence-corrected chi connectivity index (χ0v) is 18.3. The van der Waals surface area contributed by atoms with Crippen LogP contribution in [-0.4, -0.2) is 40.5 Å². The van der Waals surface area contributed by atoms with Crippen molar-refractivity contribution < 1.29 is 9.84 Å². The van der Waals surface area contributed by atoms with Crippen LogP contribution < -0.4 is 10.3 Å². The Balaban J connectivity index is 1.42. The molecular formula is C25H31N3O3. The summed E-state index contributed by atoms with van der Waals surface area (Å²) in [7, 11) is 3.83. The molecule has 0 bridgehead atoms. The predicted molar refractivity (Wildman–Crippen MR) is 123 cm³/mol. The minimum Gasteiger partial charge on any atom is -0.507 e. The van der Waals surface area contributed by atoms with Crippen molar-refractivity contribution in [2.45, 2.75) is 38.8 Å². The number of benzene rings is 2. The van der Waals surface area contributed by atoms with Gasteiger partial charge in [0.05, 0.1) is 12.8 Å². The number of hydrogen-bond acceptors (Lipinski definition) is 5. The van der Waals surface area contributed by atoms with Gasteiger partial charge in [0.15, 0.2) is 0 Å². The topological polar surface area (TPSA) is 67.6 Å². The molecule has 164 valence electrons. The molecule has 0 saturated carbocycles. The number of methoxy groups -OCH3 is 1. The molecule has 0 aliphatic heterocycles. The zero-order valence-electron chi connectivity index (χ0n) is 18.3. The van der Waals surface area contributed by atoms with E-state index in [1.807, 2.05) is 24.3 Å². The summed E-state index contributed by atoms with van der Waals surface area (Å²) in [6.07, 6.45) is 4.14. The summed E-state index contributed by atoms with van der Waals surface area (Å²) in [6, 6.07) is 18.3. The van der Waals surface area contributed by atoms with E-state index in [1.54, 1.807) is 31.4 Å². The molecule has 1 N–H and O–H groups in total. The van der Waals surface area contributed by atoms with Crippen LogP contribution in [0.4, 0.5) is 0 Å². The van der Waals surface area contributed by atoms with Gasteiger partial charge in [-0.1, -0.05) is 43.2 Å². The lowest BCUT2D eigenvalue weighted by atomic mass is 10.1. The SMILES string of the molecule is COc1ccccc1CN(C)CCCCCCn1nc(-c2ccccc2O)ccc1=O. The Kier molecular flexibility index (Phi) is 8.24. The van der Waals surface area contributed by atoms with Crippen molar-refractivity contribution in [3.8, 4) is 22.8 Å².